The third-order valence-electron chi connectivity index (χ3n) is 3.02. The molecule has 0 radical (unpaired) electrons. The van der Waals surface area contributed by atoms with E-state index in [9.17, 15) is 9.18 Å². The van der Waals surface area contributed by atoms with Gasteiger partial charge in [0.1, 0.15) is 11.5 Å². The second-order valence-electron chi connectivity index (χ2n) is 4.75. The van der Waals surface area contributed by atoms with Gasteiger partial charge in [0.15, 0.2) is 0 Å². The molecule has 1 aromatic heterocycles. The molecule has 1 N–H and O–H groups in total. The molecule has 2 aromatic rings. The minimum atomic E-state index is -0.304. The predicted octanol–water partition coefficient (Wildman–Crippen LogP) is 2.92. The number of hydrogen-bond donors (Lipinski definition) is 1. The molecule has 0 aliphatic carbocycles. The van der Waals surface area contributed by atoms with Gasteiger partial charge in [0.25, 0.3) is 5.91 Å². The monoisotopic (exact) mass is 287 g/mol. The van der Waals surface area contributed by atoms with Crippen LogP contribution in [0.5, 0.6) is 0 Å². The van der Waals surface area contributed by atoms with Gasteiger partial charge in [0, 0.05) is 20.1 Å². The van der Waals surface area contributed by atoms with Crippen molar-refractivity contribution in [1.29, 1.82) is 0 Å². The minimum absolute atomic E-state index is 0.192. The summed E-state index contributed by atoms with van der Waals surface area (Å²) in [6.07, 6.45) is 1.63. The predicted molar refractivity (Wildman–Crippen MR) is 80.6 cm³/mol. The van der Waals surface area contributed by atoms with Crippen molar-refractivity contribution in [3.8, 4) is 0 Å². The molecule has 0 aliphatic rings. The molecule has 21 heavy (non-hydrogen) atoms. The fourth-order valence-corrected chi connectivity index (χ4v) is 2.01. The second-order valence-corrected chi connectivity index (χ2v) is 4.75. The maximum absolute atomic E-state index is 13.1. The van der Waals surface area contributed by atoms with Gasteiger partial charge in [-0.3, -0.25) is 4.79 Å². The lowest BCUT2D eigenvalue weighted by Crippen LogP contribution is -2.27. The molecule has 0 saturated carbocycles. The van der Waals surface area contributed by atoms with Gasteiger partial charge in [-0.05, 0) is 36.8 Å². The highest BCUT2D eigenvalue weighted by atomic mass is 19.1. The maximum Gasteiger partial charge on any atom is 0.272 e. The van der Waals surface area contributed by atoms with Gasteiger partial charge in [-0.25, -0.2) is 9.37 Å². The maximum atomic E-state index is 13.1. The van der Waals surface area contributed by atoms with Crippen LogP contribution >= 0.6 is 0 Å². The van der Waals surface area contributed by atoms with Crippen molar-refractivity contribution in [2.45, 2.75) is 13.5 Å². The Labute approximate surface area is 123 Å². The highest BCUT2D eigenvalue weighted by Crippen LogP contribution is 2.11. The lowest BCUT2D eigenvalue weighted by Gasteiger charge is -2.17. The summed E-state index contributed by atoms with van der Waals surface area (Å²) in [5.74, 6) is -0.497. The van der Waals surface area contributed by atoms with E-state index < -0.39 is 0 Å². The minimum Gasteiger partial charge on any atom is -0.384 e. The van der Waals surface area contributed by atoms with Crippen molar-refractivity contribution in [2.24, 2.45) is 0 Å². The van der Waals surface area contributed by atoms with E-state index in [0.717, 1.165) is 17.8 Å². The van der Waals surface area contributed by atoms with E-state index in [0.29, 0.717) is 12.2 Å². The van der Waals surface area contributed by atoms with Gasteiger partial charge in [0.05, 0.1) is 11.9 Å². The molecule has 0 bridgehead atoms. The molecule has 0 fully saturated rings. The standard InChI is InChI=1S/C16H18FN3O/c1-3-18-14-7-8-15(19-10-14)16(21)20(2)11-12-5-4-6-13(17)9-12/h4-10,18H,3,11H2,1-2H3. The Bertz CT molecular complexity index is 613. The van der Waals surface area contributed by atoms with Gasteiger partial charge in [-0.1, -0.05) is 12.1 Å². The molecule has 1 amide bonds. The van der Waals surface area contributed by atoms with Crippen LogP contribution in [0, 0.1) is 5.82 Å². The first-order valence-corrected chi connectivity index (χ1v) is 6.80. The molecule has 110 valence electrons. The van der Waals surface area contributed by atoms with Crippen LogP contribution in [0.15, 0.2) is 42.6 Å². The highest BCUT2D eigenvalue weighted by molar-refractivity contribution is 5.92. The first kappa shape index (κ1) is 15.0. The zero-order valence-electron chi connectivity index (χ0n) is 12.1. The molecule has 0 spiro atoms. The van der Waals surface area contributed by atoms with Crippen LogP contribution in [0.1, 0.15) is 23.0 Å². The van der Waals surface area contributed by atoms with Gasteiger partial charge >= 0.3 is 0 Å². The van der Waals surface area contributed by atoms with E-state index in [2.05, 4.69) is 10.3 Å². The molecular weight excluding hydrogens is 269 g/mol. The van der Waals surface area contributed by atoms with Gasteiger partial charge in [0.2, 0.25) is 0 Å². The molecule has 0 saturated heterocycles. The average molecular weight is 287 g/mol. The van der Waals surface area contributed by atoms with Crippen molar-refractivity contribution < 1.29 is 9.18 Å². The quantitative estimate of drug-likeness (QED) is 0.919. The van der Waals surface area contributed by atoms with Crippen molar-refractivity contribution >= 4 is 11.6 Å². The number of hydrogen-bond acceptors (Lipinski definition) is 3. The van der Waals surface area contributed by atoms with E-state index >= 15 is 0 Å². The van der Waals surface area contributed by atoms with E-state index in [4.69, 9.17) is 0 Å². The molecule has 0 aliphatic heterocycles. The summed E-state index contributed by atoms with van der Waals surface area (Å²) < 4.78 is 13.1. The second kappa shape index (κ2) is 6.83. The Morgan fingerprint density at radius 2 is 2.14 bits per heavy atom. The van der Waals surface area contributed by atoms with Crippen molar-refractivity contribution in [3.05, 3.63) is 59.7 Å². The summed E-state index contributed by atoms with van der Waals surface area (Å²) in [6, 6.07) is 9.72. The van der Waals surface area contributed by atoms with Crippen LogP contribution in [0.2, 0.25) is 0 Å². The molecule has 2 rings (SSSR count). The fraction of sp³-hybridized carbons (Fsp3) is 0.250. The van der Waals surface area contributed by atoms with Gasteiger partial charge in [-0.2, -0.15) is 0 Å². The third kappa shape index (κ3) is 4.02. The topological polar surface area (TPSA) is 45.2 Å². The van der Waals surface area contributed by atoms with Crippen LogP contribution in [-0.4, -0.2) is 29.4 Å². The Balaban J connectivity index is 2.04. The third-order valence-corrected chi connectivity index (χ3v) is 3.02. The number of rotatable bonds is 5. The zero-order chi connectivity index (χ0) is 15.2. The summed E-state index contributed by atoms with van der Waals surface area (Å²) in [5.41, 5.74) is 1.99. The summed E-state index contributed by atoms with van der Waals surface area (Å²) in [4.78, 5) is 17.9. The van der Waals surface area contributed by atoms with Crippen molar-refractivity contribution in [1.82, 2.24) is 9.88 Å². The van der Waals surface area contributed by atoms with E-state index in [-0.39, 0.29) is 11.7 Å². The number of amides is 1. The number of pyridine rings is 1. The number of halogens is 1. The van der Waals surface area contributed by atoms with Gasteiger partial charge < -0.3 is 10.2 Å². The van der Waals surface area contributed by atoms with Crippen LogP contribution < -0.4 is 5.32 Å². The van der Waals surface area contributed by atoms with Crippen molar-refractivity contribution in [3.63, 3.8) is 0 Å². The molecule has 4 nitrogen and oxygen atoms in total. The smallest absolute Gasteiger partial charge is 0.272 e. The lowest BCUT2D eigenvalue weighted by atomic mass is 10.2. The number of carbonyl (C=O) groups excluding carboxylic acids is 1. The molecule has 0 unspecified atom stereocenters. The summed E-state index contributed by atoms with van der Waals surface area (Å²) in [6.45, 7) is 3.13. The number of benzene rings is 1. The van der Waals surface area contributed by atoms with Crippen LogP contribution in [0.3, 0.4) is 0 Å². The van der Waals surface area contributed by atoms with Crippen molar-refractivity contribution in [2.75, 3.05) is 18.9 Å². The fourth-order valence-electron chi connectivity index (χ4n) is 2.01. The van der Waals surface area contributed by atoms with E-state index in [1.807, 2.05) is 13.0 Å². The Hall–Kier alpha value is -2.43. The van der Waals surface area contributed by atoms with Crippen LogP contribution in [0.4, 0.5) is 10.1 Å². The summed E-state index contributed by atoms with van der Waals surface area (Å²) in [5, 5.41) is 3.12. The number of anilines is 1. The molecule has 0 atom stereocenters. The van der Waals surface area contributed by atoms with Crippen LogP contribution in [0.25, 0.3) is 0 Å². The van der Waals surface area contributed by atoms with Crippen LogP contribution in [-0.2, 0) is 6.54 Å². The molecule has 5 heteroatoms. The lowest BCUT2D eigenvalue weighted by molar-refractivity contribution is 0.0779. The van der Waals surface area contributed by atoms with E-state index in [1.165, 1.54) is 17.0 Å². The number of aromatic nitrogens is 1. The van der Waals surface area contributed by atoms with Gasteiger partial charge in [-0.15, -0.1) is 0 Å². The normalized spacial score (nSPS) is 10.2. The molecular formula is C16H18FN3O. The Kier molecular flexibility index (Phi) is 4.87. The molecule has 1 aromatic carbocycles. The average Bonchev–Trinajstić information content (AvgIpc) is 2.47. The van der Waals surface area contributed by atoms with E-state index in [1.54, 1.807) is 31.4 Å². The summed E-state index contributed by atoms with van der Waals surface area (Å²) in [7, 11) is 1.67. The Morgan fingerprint density at radius 3 is 2.76 bits per heavy atom. The SMILES string of the molecule is CCNc1ccc(C(=O)N(C)Cc2cccc(F)c2)nc1. The largest absolute Gasteiger partial charge is 0.384 e. The number of nitrogens with one attached hydrogen (secondary N) is 1. The zero-order valence-corrected chi connectivity index (χ0v) is 12.1. The number of nitrogens with zero attached hydrogens (tertiary/aromatic N) is 2. The first-order valence-electron chi connectivity index (χ1n) is 6.80. The molecule has 1 heterocycles. The first-order chi connectivity index (χ1) is 10.1. The highest BCUT2D eigenvalue weighted by Gasteiger charge is 2.13. The summed E-state index contributed by atoms with van der Waals surface area (Å²) >= 11 is 0. The number of carbonyl (C=O) groups is 1. The Morgan fingerprint density at radius 1 is 1.33 bits per heavy atom.